The first-order valence-electron chi connectivity index (χ1n) is 16.1. The van der Waals surface area contributed by atoms with Crippen LogP contribution in [-0.2, 0) is 25.5 Å². The lowest BCUT2D eigenvalue weighted by Gasteiger charge is -2.19. The molecule has 0 fully saturated rings. The van der Waals surface area contributed by atoms with Gasteiger partial charge in [0.15, 0.2) is 6.61 Å². The third-order valence-electron chi connectivity index (χ3n) is 7.36. The Hall–Kier alpha value is -4.76. The number of carbonyl (C=O) groups is 3. The van der Waals surface area contributed by atoms with Gasteiger partial charge in [-0.25, -0.2) is 14.6 Å². The van der Waals surface area contributed by atoms with Crippen molar-refractivity contribution in [3.63, 3.8) is 0 Å². The number of thiazole rings is 1. The van der Waals surface area contributed by atoms with Gasteiger partial charge < -0.3 is 19.1 Å². The second-order valence-corrected chi connectivity index (χ2v) is 11.7. The van der Waals surface area contributed by atoms with Crippen LogP contribution in [0.5, 0.6) is 5.75 Å². The van der Waals surface area contributed by atoms with Crippen molar-refractivity contribution in [1.29, 1.82) is 0 Å². The Balaban J connectivity index is 1.50. The lowest BCUT2D eigenvalue weighted by molar-refractivity contribution is -0.145. The molecule has 0 aliphatic carbocycles. The molecular weight excluding hydrogens is 612 g/mol. The summed E-state index contributed by atoms with van der Waals surface area (Å²) in [5.41, 5.74) is 5.31. The maximum atomic E-state index is 13.1. The number of ether oxygens (including phenoxy) is 3. The van der Waals surface area contributed by atoms with Crippen molar-refractivity contribution in [3.05, 3.63) is 95.0 Å². The van der Waals surface area contributed by atoms with Crippen molar-refractivity contribution in [1.82, 2.24) is 4.98 Å². The summed E-state index contributed by atoms with van der Waals surface area (Å²) in [4.78, 5) is 44.6. The smallest absolute Gasteiger partial charge is 0.367 e. The van der Waals surface area contributed by atoms with Crippen LogP contribution in [0.15, 0.2) is 78.9 Å². The van der Waals surface area contributed by atoms with Crippen molar-refractivity contribution >= 4 is 40.9 Å². The number of benzene rings is 3. The molecule has 1 aromatic heterocycles. The Kier molecular flexibility index (Phi) is 13.3. The lowest BCUT2D eigenvalue weighted by atomic mass is 10.0. The second-order valence-electron chi connectivity index (χ2n) is 10.7. The van der Waals surface area contributed by atoms with Gasteiger partial charge in [0.05, 0.1) is 23.8 Å². The number of hydrogen-bond acceptors (Lipinski definition) is 8. The Bertz CT molecular complexity index is 1640. The highest BCUT2D eigenvalue weighted by molar-refractivity contribution is 7.17. The number of amides is 1. The molecule has 0 unspecified atom stereocenters. The number of rotatable bonds is 16. The Morgan fingerprint density at radius 3 is 2.13 bits per heavy atom. The molecule has 3 aromatic carbocycles. The molecule has 0 saturated carbocycles. The number of esters is 2. The molecule has 0 aliphatic rings. The van der Waals surface area contributed by atoms with Gasteiger partial charge in [0.25, 0.3) is 5.91 Å². The van der Waals surface area contributed by atoms with E-state index >= 15 is 0 Å². The molecule has 4 aromatic rings. The highest BCUT2D eigenvalue weighted by Crippen LogP contribution is 2.38. The second kappa shape index (κ2) is 17.8. The van der Waals surface area contributed by atoms with E-state index in [1.165, 1.54) is 36.2 Å². The summed E-state index contributed by atoms with van der Waals surface area (Å²) in [6.07, 6.45) is 8.04. The van der Waals surface area contributed by atoms with Gasteiger partial charge in [0.2, 0.25) is 5.01 Å². The van der Waals surface area contributed by atoms with Crippen molar-refractivity contribution in [2.45, 2.75) is 53.4 Å². The summed E-state index contributed by atoms with van der Waals surface area (Å²) in [6, 6.07) is 23.2. The maximum absolute atomic E-state index is 13.1. The van der Waals surface area contributed by atoms with E-state index in [4.69, 9.17) is 14.2 Å². The first-order chi connectivity index (χ1) is 22.9. The number of hydrogen-bond donors (Lipinski definition) is 0. The molecule has 8 nitrogen and oxygen atoms in total. The minimum atomic E-state index is -0.482. The number of anilines is 1. The summed E-state index contributed by atoms with van der Waals surface area (Å²) in [5.74, 6) is -0.501. The van der Waals surface area contributed by atoms with E-state index in [9.17, 15) is 14.4 Å². The topological polar surface area (TPSA) is 95.0 Å². The first kappa shape index (κ1) is 35.1. The maximum Gasteiger partial charge on any atom is 0.367 e. The monoisotopic (exact) mass is 654 g/mol. The summed E-state index contributed by atoms with van der Waals surface area (Å²) in [5, 5.41) is 0.253. The van der Waals surface area contributed by atoms with E-state index in [0.717, 1.165) is 33.7 Å². The molecule has 1 amide bonds. The highest BCUT2D eigenvalue weighted by atomic mass is 32.1. The number of aromatic nitrogens is 1. The van der Waals surface area contributed by atoms with Crippen LogP contribution in [0.2, 0.25) is 0 Å². The minimum absolute atomic E-state index is 0.0891. The van der Waals surface area contributed by atoms with Gasteiger partial charge in [-0.15, -0.1) is 11.3 Å². The lowest BCUT2D eigenvalue weighted by Crippen LogP contribution is -2.28. The predicted molar refractivity (Wildman–Crippen MR) is 188 cm³/mol. The van der Waals surface area contributed by atoms with E-state index in [1.54, 1.807) is 43.0 Å². The number of carbonyl (C=O) groups excluding carboxylic acids is 3. The van der Waals surface area contributed by atoms with Crippen molar-refractivity contribution < 1.29 is 28.6 Å². The number of aryl methyl sites for hydroxylation is 1. The summed E-state index contributed by atoms with van der Waals surface area (Å²) in [6.45, 7) is 8.58. The number of nitrogens with zero attached hydrogens (tertiary/aromatic N) is 2. The van der Waals surface area contributed by atoms with E-state index in [2.05, 4.69) is 24.0 Å². The molecule has 0 bridgehead atoms. The Labute approximate surface area is 281 Å². The zero-order valence-corrected chi connectivity index (χ0v) is 28.3. The molecule has 246 valence electrons. The average Bonchev–Trinajstić information content (AvgIpc) is 3.54. The molecule has 0 aliphatic heterocycles. The van der Waals surface area contributed by atoms with Gasteiger partial charge in [0.1, 0.15) is 5.75 Å². The van der Waals surface area contributed by atoms with Crippen LogP contribution in [0.25, 0.3) is 27.8 Å². The van der Waals surface area contributed by atoms with E-state index in [-0.39, 0.29) is 30.7 Å². The average molecular weight is 655 g/mol. The van der Waals surface area contributed by atoms with E-state index < -0.39 is 11.9 Å². The molecule has 47 heavy (non-hydrogen) atoms. The Morgan fingerprint density at radius 1 is 0.809 bits per heavy atom. The molecule has 1 heterocycles. The van der Waals surface area contributed by atoms with Gasteiger partial charge in [0, 0.05) is 23.9 Å². The summed E-state index contributed by atoms with van der Waals surface area (Å²) < 4.78 is 15.7. The van der Waals surface area contributed by atoms with E-state index in [1.807, 2.05) is 55.5 Å². The SMILES string of the molecule is CCCCCc1ccc(N(CC)C(=O)/C=C/c2ccc(-c3sc(C(=O)OCC)nc3-c3ccc(OCC(=O)OCC)cc3)cc2)cc1. The third kappa shape index (κ3) is 9.86. The molecule has 0 N–H and O–H groups in total. The molecule has 9 heteroatoms. The van der Waals surface area contributed by atoms with Crippen LogP contribution in [-0.4, -0.2) is 49.2 Å². The van der Waals surface area contributed by atoms with Crippen molar-refractivity contribution in [2.75, 3.05) is 31.3 Å². The van der Waals surface area contributed by atoms with E-state index in [0.29, 0.717) is 18.0 Å². The fraction of sp³-hybridized carbons (Fsp3) is 0.316. The minimum Gasteiger partial charge on any atom is -0.482 e. The number of likely N-dealkylation sites (N-methyl/N-ethyl adjacent to an activating group) is 1. The molecule has 0 saturated heterocycles. The molecule has 0 atom stereocenters. The van der Waals surface area contributed by atoms with Crippen LogP contribution in [0.4, 0.5) is 5.69 Å². The molecular formula is C38H42N2O6S. The molecule has 0 radical (unpaired) electrons. The van der Waals surface area contributed by atoms with Crippen LogP contribution >= 0.6 is 11.3 Å². The summed E-state index contributed by atoms with van der Waals surface area (Å²) >= 11 is 1.26. The first-order valence-corrected chi connectivity index (χ1v) is 16.9. The van der Waals surface area contributed by atoms with Crippen LogP contribution in [0.3, 0.4) is 0 Å². The number of unbranched alkanes of at least 4 members (excludes halogenated alkanes) is 2. The van der Waals surface area contributed by atoms with Crippen LogP contribution < -0.4 is 9.64 Å². The zero-order chi connectivity index (χ0) is 33.6. The van der Waals surface area contributed by atoms with Crippen LogP contribution in [0.1, 0.15) is 67.9 Å². The van der Waals surface area contributed by atoms with Crippen molar-refractivity contribution in [2.24, 2.45) is 0 Å². The van der Waals surface area contributed by atoms with Gasteiger partial charge in [-0.1, -0.05) is 56.2 Å². The van der Waals surface area contributed by atoms with Gasteiger partial charge in [-0.2, -0.15) is 0 Å². The summed E-state index contributed by atoms with van der Waals surface area (Å²) in [7, 11) is 0. The molecule has 4 rings (SSSR count). The van der Waals surface area contributed by atoms with Gasteiger partial charge >= 0.3 is 11.9 Å². The van der Waals surface area contributed by atoms with Crippen molar-refractivity contribution in [3.8, 4) is 27.4 Å². The van der Waals surface area contributed by atoms with Gasteiger partial charge in [-0.3, -0.25) is 4.79 Å². The fourth-order valence-corrected chi connectivity index (χ4v) is 5.92. The molecule has 0 spiro atoms. The standard InChI is InChI=1S/C38H42N2O6S/c1-5-9-10-11-27-14-21-31(22-15-27)40(6-2)33(41)25-16-28-12-17-30(18-13-28)36-35(39-37(47-36)38(43)45-8-4)29-19-23-32(24-20-29)46-26-34(42)44-7-3/h12-25H,5-11,26H2,1-4H3/b25-16+. The predicted octanol–water partition coefficient (Wildman–Crippen LogP) is 8.39. The zero-order valence-electron chi connectivity index (χ0n) is 27.5. The van der Waals surface area contributed by atoms with Crippen LogP contribution in [0, 0.1) is 0 Å². The normalized spacial score (nSPS) is 11.0. The van der Waals surface area contributed by atoms with Gasteiger partial charge in [-0.05, 0) is 92.8 Å². The largest absolute Gasteiger partial charge is 0.482 e. The third-order valence-corrected chi connectivity index (χ3v) is 8.44. The quantitative estimate of drug-likeness (QED) is 0.0680. The highest BCUT2D eigenvalue weighted by Gasteiger charge is 2.20. The fourth-order valence-electron chi connectivity index (χ4n) is 4.94. The Morgan fingerprint density at radius 2 is 1.49 bits per heavy atom.